The van der Waals surface area contributed by atoms with Crippen molar-refractivity contribution in [2.75, 3.05) is 32.8 Å². The third-order valence-electron chi connectivity index (χ3n) is 8.67. The second kappa shape index (κ2) is 7.44. The van der Waals surface area contributed by atoms with Gasteiger partial charge >= 0.3 is 0 Å². The Kier molecular flexibility index (Phi) is 4.70. The summed E-state index contributed by atoms with van der Waals surface area (Å²) in [5, 5.41) is 3.38. The molecular weight excluding hydrogens is 376 g/mol. The van der Waals surface area contributed by atoms with E-state index in [1.54, 1.807) is 0 Å². The summed E-state index contributed by atoms with van der Waals surface area (Å²) in [6.45, 7) is 3.81. The molecule has 1 amide bonds. The summed E-state index contributed by atoms with van der Waals surface area (Å²) in [6.07, 6.45) is 10.8. The van der Waals surface area contributed by atoms with Crippen LogP contribution in [0.4, 0.5) is 0 Å². The van der Waals surface area contributed by atoms with E-state index < -0.39 is 0 Å². The third-order valence-corrected chi connectivity index (χ3v) is 8.67. The van der Waals surface area contributed by atoms with Crippen LogP contribution in [0.3, 0.4) is 0 Å². The lowest BCUT2D eigenvalue weighted by atomic mass is 9.49. The second-order valence-electron chi connectivity index (χ2n) is 10.9. The van der Waals surface area contributed by atoms with Crippen LogP contribution in [0.15, 0.2) is 18.2 Å². The van der Waals surface area contributed by atoms with Crippen LogP contribution in [0, 0.1) is 23.2 Å². The van der Waals surface area contributed by atoms with Gasteiger partial charge in [0.05, 0.1) is 6.54 Å². The number of carbonyl (C=O) groups excluding carboxylic acids is 1. The first-order chi connectivity index (χ1) is 14.7. The molecular formula is C25H35N2O3+. The van der Waals surface area contributed by atoms with Crippen molar-refractivity contribution >= 4 is 5.91 Å². The number of rotatable bonds is 5. The number of benzene rings is 1. The van der Waals surface area contributed by atoms with Gasteiger partial charge in [-0.3, -0.25) is 4.79 Å². The monoisotopic (exact) mass is 411 g/mol. The quantitative estimate of drug-likeness (QED) is 0.783. The molecule has 2 aliphatic heterocycles. The van der Waals surface area contributed by atoms with Gasteiger partial charge in [-0.1, -0.05) is 0 Å². The summed E-state index contributed by atoms with van der Waals surface area (Å²) in [5.41, 5.74) is 1.70. The largest absolute Gasteiger partial charge is 0.486 e. The molecule has 0 spiro atoms. The van der Waals surface area contributed by atoms with Gasteiger partial charge in [-0.2, -0.15) is 0 Å². The highest BCUT2D eigenvalue weighted by Gasteiger charge is 2.50. The fraction of sp³-hybridized carbons (Fsp3) is 0.720. The van der Waals surface area contributed by atoms with Gasteiger partial charge in [-0.05, 0) is 79.9 Å². The maximum atomic E-state index is 12.9. The SMILES string of the molecule is O=C(C[NH+]1CCC[C@@H]1c1ccc2c(c1)OCCO2)NCC12CC3CC(CC(C3)C1)C2. The molecule has 2 heterocycles. The Morgan fingerprint density at radius 2 is 1.73 bits per heavy atom. The average molecular weight is 412 g/mol. The summed E-state index contributed by atoms with van der Waals surface area (Å²) in [4.78, 5) is 14.3. The zero-order chi connectivity index (χ0) is 20.1. The van der Waals surface area contributed by atoms with Crippen molar-refractivity contribution in [3.05, 3.63) is 23.8 Å². The summed E-state index contributed by atoms with van der Waals surface area (Å²) in [7, 11) is 0. The number of likely N-dealkylation sites (tertiary alicyclic amines) is 1. The predicted octanol–water partition coefficient (Wildman–Crippen LogP) is 2.51. The lowest BCUT2D eigenvalue weighted by molar-refractivity contribution is -0.910. The molecule has 4 bridgehead atoms. The number of quaternary nitrogens is 1. The fourth-order valence-electron chi connectivity index (χ4n) is 7.86. The second-order valence-corrected chi connectivity index (χ2v) is 10.9. The van der Waals surface area contributed by atoms with E-state index in [0.29, 0.717) is 31.2 Å². The van der Waals surface area contributed by atoms with Crippen LogP contribution in [0.1, 0.15) is 63.0 Å². The van der Waals surface area contributed by atoms with E-state index in [1.165, 1.54) is 55.4 Å². The van der Waals surface area contributed by atoms with Gasteiger partial charge in [0.15, 0.2) is 18.0 Å². The highest BCUT2D eigenvalue weighted by atomic mass is 16.6. The van der Waals surface area contributed by atoms with E-state index in [4.69, 9.17) is 9.47 Å². The Bertz CT molecular complexity index is 787. The number of nitrogens with one attached hydrogen (secondary N) is 2. The van der Waals surface area contributed by atoms with E-state index in [9.17, 15) is 4.79 Å². The number of carbonyl (C=O) groups is 1. The standard InChI is InChI=1S/C25H34N2O3/c28-24(26-16-25-12-17-8-18(13-25)10-19(9-17)14-25)15-27-5-1-2-21(27)20-3-4-22-23(11-20)30-7-6-29-22/h3-4,11,17-19,21H,1-2,5-10,12-16H2,(H,26,28)/p+1/t17?,18?,19?,21-,25?/m1/s1. The number of fused-ring (bicyclic) bond motifs is 1. The summed E-state index contributed by atoms with van der Waals surface area (Å²) < 4.78 is 11.5. The molecule has 1 aromatic rings. The molecule has 5 fully saturated rings. The zero-order valence-corrected chi connectivity index (χ0v) is 18.0. The maximum absolute atomic E-state index is 12.9. The lowest BCUT2D eigenvalue weighted by Crippen LogP contribution is -3.11. The van der Waals surface area contributed by atoms with Crippen LogP contribution in [0.5, 0.6) is 11.5 Å². The summed E-state index contributed by atoms with van der Waals surface area (Å²) in [6, 6.07) is 6.72. The molecule has 1 saturated heterocycles. The van der Waals surface area contributed by atoms with Crippen molar-refractivity contribution in [3.8, 4) is 11.5 Å². The Labute approximate surface area is 179 Å². The third kappa shape index (κ3) is 3.49. The first-order valence-electron chi connectivity index (χ1n) is 12.2. The zero-order valence-electron chi connectivity index (χ0n) is 18.0. The minimum absolute atomic E-state index is 0.241. The highest BCUT2D eigenvalue weighted by molar-refractivity contribution is 5.76. The molecule has 7 rings (SSSR count). The van der Waals surface area contributed by atoms with E-state index in [1.807, 2.05) is 6.07 Å². The van der Waals surface area contributed by atoms with Crippen LogP contribution in [0.2, 0.25) is 0 Å². The van der Waals surface area contributed by atoms with Crippen LogP contribution in [0.25, 0.3) is 0 Å². The minimum Gasteiger partial charge on any atom is -0.486 e. The Balaban J connectivity index is 1.08. The maximum Gasteiger partial charge on any atom is 0.275 e. The molecule has 0 radical (unpaired) electrons. The number of ether oxygens (including phenoxy) is 2. The molecule has 5 heteroatoms. The molecule has 162 valence electrons. The van der Waals surface area contributed by atoms with Gasteiger partial charge in [0.1, 0.15) is 19.3 Å². The summed E-state index contributed by atoms with van der Waals surface area (Å²) >= 11 is 0. The molecule has 4 aliphatic carbocycles. The molecule has 4 saturated carbocycles. The van der Waals surface area contributed by atoms with Gasteiger partial charge < -0.3 is 19.7 Å². The van der Waals surface area contributed by atoms with Crippen LogP contribution in [-0.4, -0.2) is 38.8 Å². The minimum atomic E-state index is 0.241. The smallest absolute Gasteiger partial charge is 0.275 e. The fourth-order valence-corrected chi connectivity index (χ4v) is 7.86. The van der Waals surface area contributed by atoms with Gasteiger partial charge in [0.25, 0.3) is 5.91 Å². The van der Waals surface area contributed by atoms with Gasteiger partial charge in [-0.15, -0.1) is 0 Å². The first-order valence-corrected chi connectivity index (χ1v) is 12.2. The Morgan fingerprint density at radius 1 is 1.03 bits per heavy atom. The molecule has 1 aromatic carbocycles. The lowest BCUT2D eigenvalue weighted by Gasteiger charge is -2.56. The van der Waals surface area contributed by atoms with Gasteiger partial charge in [0, 0.05) is 24.9 Å². The van der Waals surface area contributed by atoms with Crippen LogP contribution >= 0.6 is 0 Å². The van der Waals surface area contributed by atoms with Gasteiger partial charge in [-0.25, -0.2) is 0 Å². The van der Waals surface area contributed by atoms with Crippen molar-refractivity contribution < 1.29 is 19.2 Å². The average Bonchev–Trinajstić information content (AvgIpc) is 3.19. The number of amides is 1. The molecule has 6 aliphatic rings. The molecule has 5 nitrogen and oxygen atoms in total. The molecule has 2 N–H and O–H groups in total. The summed E-state index contributed by atoms with van der Waals surface area (Å²) in [5.74, 6) is 4.77. The molecule has 0 aromatic heterocycles. The van der Waals surface area contributed by atoms with Crippen molar-refractivity contribution in [1.82, 2.24) is 5.32 Å². The van der Waals surface area contributed by atoms with Crippen molar-refractivity contribution in [1.29, 1.82) is 0 Å². The normalized spacial score (nSPS) is 38.6. The van der Waals surface area contributed by atoms with E-state index in [-0.39, 0.29) is 5.91 Å². The number of hydrogen-bond donors (Lipinski definition) is 2. The van der Waals surface area contributed by atoms with E-state index in [0.717, 1.165) is 48.8 Å². The van der Waals surface area contributed by atoms with E-state index >= 15 is 0 Å². The van der Waals surface area contributed by atoms with E-state index in [2.05, 4.69) is 17.4 Å². The number of hydrogen-bond acceptors (Lipinski definition) is 3. The first kappa shape index (κ1) is 19.0. The Hall–Kier alpha value is -1.75. The predicted molar refractivity (Wildman–Crippen MR) is 114 cm³/mol. The molecule has 1 unspecified atom stereocenters. The van der Waals surface area contributed by atoms with Crippen molar-refractivity contribution in [3.63, 3.8) is 0 Å². The van der Waals surface area contributed by atoms with Crippen molar-refractivity contribution in [2.24, 2.45) is 23.2 Å². The highest BCUT2D eigenvalue weighted by Crippen LogP contribution is 2.59. The molecule has 2 atom stereocenters. The topological polar surface area (TPSA) is 52.0 Å². The van der Waals surface area contributed by atoms with Gasteiger partial charge in [0.2, 0.25) is 0 Å². The molecule has 30 heavy (non-hydrogen) atoms. The van der Waals surface area contributed by atoms with Crippen molar-refractivity contribution in [2.45, 2.75) is 57.4 Å². The van der Waals surface area contributed by atoms with Crippen LogP contribution < -0.4 is 19.7 Å². The Morgan fingerprint density at radius 3 is 2.47 bits per heavy atom. The van der Waals surface area contributed by atoms with Crippen LogP contribution in [-0.2, 0) is 4.79 Å².